The summed E-state index contributed by atoms with van der Waals surface area (Å²) in [5, 5.41) is 10.9. The normalized spacial score (nSPS) is 25.4. The van der Waals surface area contributed by atoms with Gasteiger partial charge in [0, 0.05) is 7.27 Å². The van der Waals surface area contributed by atoms with Crippen LogP contribution in [0.15, 0.2) is 30.3 Å². The number of benzene rings is 1. The molecule has 0 saturated heterocycles. The molecule has 0 bridgehead atoms. The first-order valence-corrected chi connectivity index (χ1v) is 21.3. The van der Waals surface area contributed by atoms with E-state index in [0.29, 0.717) is 13.6 Å². The van der Waals surface area contributed by atoms with Gasteiger partial charge in [0.15, 0.2) is 0 Å². The van der Waals surface area contributed by atoms with Gasteiger partial charge in [-0.2, -0.15) is 0 Å². The van der Waals surface area contributed by atoms with Gasteiger partial charge in [-0.05, 0) is 91.6 Å². The number of hydrogen-bond acceptors (Lipinski definition) is 1. The number of hydrogen-bond donors (Lipinski definition) is 1. The highest BCUT2D eigenvalue weighted by atomic mass is 35.7. The highest BCUT2D eigenvalue weighted by Gasteiger charge is 2.35. The summed E-state index contributed by atoms with van der Waals surface area (Å²) in [6, 6.07) is 10.3. The molecule has 0 aromatic heterocycles. The molecule has 0 aliphatic heterocycles. The first kappa shape index (κ1) is 34.8. The Morgan fingerprint density at radius 3 is 1.60 bits per heavy atom. The Morgan fingerprint density at radius 2 is 1.18 bits per heavy atom. The average molecular weight is 609 g/mol. The quantitative estimate of drug-likeness (QED) is 0.276. The molecule has 1 aromatic rings. The van der Waals surface area contributed by atoms with Gasteiger partial charge in [0.1, 0.15) is 0 Å². The van der Waals surface area contributed by atoms with Crippen molar-refractivity contribution in [1.29, 1.82) is 0 Å². The van der Waals surface area contributed by atoms with Gasteiger partial charge in [0.05, 0.1) is 6.10 Å². The van der Waals surface area contributed by atoms with Crippen LogP contribution in [0, 0.1) is 5.92 Å². The number of aliphatic hydroxyl groups is 1. The number of rotatable bonds is 9. The molecule has 0 amide bonds. The van der Waals surface area contributed by atoms with E-state index in [9.17, 15) is 5.11 Å². The topological polar surface area (TPSA) is 20.2 Å². The lowest BCUT2D eigenvalue weighted by molar-refractivity contribution is 0.132. The van der Waals surface area contributed by atoms with E-state index < -0.39 is 7.27 Å². The van der Waals surface area contributed by atoms with Crippen LogP contribution in [0.3, 0.4) is 0 Å². The summed E-state index contributed by atoms with van der Waals surface area (Å²) in [5.41, 5.74) is 3.92. The van der Waals surface area contributed by atoms with Gasteiger partial charge >= 0.3 is 0 Å². The largest absolute Gasteiger partial charge is 0.393 e. The van der Waals surface area contributed by atoms with Crippen LogP contribution < -0.4 is 5.30 Å². The summed E-state index contributed by atoms with van der Waals surface area (Å²) in [7, 11) is -0.280. The number of aliphatic hydroxyl groups excluding tert-OH is 1. The zero-order chi connectivity index (χ0) is 28.6. The molecule has 4 aliphatic rings. The van der Waals surface area contributed by atoms with E-state index in [1.54, 1.807) is 51.4 Å². The van der Waals surface area contributed by atoms with Crippen molar-refractivity contribution >= 4 is 31.7 Å². The first-order valence-electron chi connectivity index (χ1n) is 17.5. The molecule has 1 nitrogen and oxygen atoms in total. The maximum atomic E-state index is 9.63. The molecule has 1 N–H and O–H groups in total. The van der Waals surface area contributed by atoms with Crippen molar-refractivity contribution in [3.8, 4) is 0 Å². The second kappa shape index (κ2) is 20.3. The summed E-state index contributed by atoms with van der Waals surface area (Å²) in [6.07, 6.45) is 29.9. The lowest BCUT2D eigenvalue weighted by atomic mass is 9.88. The van der Waals surface area contributed by atoms with Crippen LogP contribution in [0.25, 0.3) is 0 Å². The molecule has 3 atom stereocenters. The van der Waals surface area contributed by atoms with Gasteiger partial charge < -0.3 is 5.11 Å². The third-order valence-electron chi connectivity index (χ3n) is 9.99. The minimum Gasteiger partial charge on any atom is -0.393 e. The van der Waals surface area contributed by atoms with E-state index in [-0.39, 0.29) is 6.10 Å². The Kier molecular flexibility index (Phi) is 17.7. The summed E-state index contributed by atoms with van der Waals surface area (Å²) in [5.74, 6) is 1.06. The predicted octanol–water partition coefficient (Wildman–Crippen LogP) is 12.2. The van der Waals surface area contributed by atoms with Gasteiger partial charge in [-0.3, -0.25) is 0 Å². The molecular weight excluding hydrogens is 546 g/mol. The predicted molar refractivity (Wildman–Crippen MR) is 184 cm³/mol. The second-order valence-corrected chi connectivity index (χ2v) is 19.5. The van der Waals surface area contributed by atoms with Crippen LogP contribution >= 0.6 is 26.4 Å². The van der Waals surface area contributed by atoms with Crippen molar-refractivity contribution in [2.24, 2.45) is 5.92 Å². The van der Waals surface area contributed by atoms with Gasteiger partial charge in [0.25, 0.3) is 0 Å². The van der Waals surface area contributed by atoms with Gasteiger partial charge in [0.2, 0.25) is 0 Å². The minimum absolute atomic E-state index is 0.129. The fourth-order valence-electron chi connectivity index (χ4n) is 7.50. The van der Waals surface area contributed by atoms with Crippen molar-refractivity contribution in [2.75, 3.05) is 0 Å². The van der Waals surface area contributed by atoms with Crippen LogP contribution in [0.2, 0.25) is 0 Å². The summed E-state index contributed by atoms with van der Waals surface area (Å²) >= 11 is 6.50. The van der Waals surface area contributed by atoms with E-state index in [1.165, 1.54) is 69.5 Å². The molecule has 1 aromatic carbocycles. The molecule has 4 fully saturated rings. The number of halogens is 1. The molecule has 0 heterocycles. The van der Waals surface area contributed by atoms with Gasteiger partial charge in [-0.15, -0.1) is 0 Å². The molecular formula is C36H63ClOP2. The Balaban J connectivity index is 0.000000192. The lowest BCUT2D eigenvalue weighted by Crippen LogP contribution is -2.26. The molecule has 5 rings (SSSR count). The van der Waals surface area contributed by atoms with Crippen molar-refractivity contribution in [3.63, 3.8) is 0 Å². The maximum Gasteiger partial charge on any atom is 0.0546 e. The summed E-state index contributed by atoms with van der Waals surface area (Å²) < 4.78 is 0. The van der Waals surface area contributed by atoms with E-state index in [4.69, 9.17) is 11.2 Å². The van der Waals surface area contributed by atoms with Crippen LogP contribution in [0.5, 0.6) is 0 Å². The van der Waals surface area contributed by atoms with Gasteiger partial charge in [-0.1, -0.05) is 147 Å². The SMILES string of the molecule is CC1CCC1.CCCC(CCC)P(C1CCCCC1)C1CCCCC1.O[C@@H]1CCCC(P(Cl)c2ccccc2)C1. The van der Waals surface area contributed by atoms with E-state index in [1.807, 2.05) is 18.2 Å². The Hall–Kier alpha value is 0.330. The second-order valence-electron chi connectivity index (χ2n) is 13.4. The van der Waals surface area contributed by atoms with Crippen molar-refractivity contribution in [3.05, 3.63) is 30.3 Å². The fourth-order valence-corrected chi connectivity index (χ4v) is 14.9. The molecule has 40 heavy (non-hydrogen) atoms. The van der Waals surface area contributed by atoms with E-state index in [0.717, 1.165) is 42.2 Å². The third-order valence-corrected chi connectivity index (χ3v) is 17.4. The monoisotopic (exact) mass is 608 g/mol. The van der Waals surface area contributed by atoms with Crippen LogP contribution in [0.4, 0.5) is 0 Å². The molecule has 2 unspecified atom stereocenters. The Labute approximate surface area is 256 Å². The first-order chi connectivity index (χ1) is 19.5. The van der Waals surface area contributed by atoms with Crippen molar-refractivity contribution < 1.29 is 5.11 Å². The van der Waals surface area contributed by atoms with Crippen molar-refractivity contribution in [1.82, 2.24) is 0 Å². The smallest absolute Gasteiger partial charge is 0.0546 e. The molecule has 0 radical (unpaired) electrons. The minimum atomic E-state index is -0.608. The molecule has 4 aliphatic carbocycles. The highest BCUT2D eigenvalue weighted by Crippen LogP contribution is 2.60. The Bertz CT molecular complexity index is 720. The maximum absolute atomic E-state index is 9.63. The summed E-state index contributed by atoms with van der Waals surface area (Å²) in [6.45, 7) is 7.14. The lowest BCUT2D eigenvalue weighted by Gasteiger charge is -2.43. The highest BCUT2D eigenvalue weighted by molar-refractivity contribution is 7.90. The average Bonchev–Trinajstić information content (AvgIpc) is 2.98. The van der Waals surface area contributed by atoms with Gasteiger partial charge in [-0.25, -0.2) is 0 Å². The van der Waals surface area contributed by atoms with E-state index >= 15 is 0 Å². The van der Waals surface area contributed by atoms with Crippen LogP contribution in [-0.2, 0) is 0 Å². The Morgan fingerprint density at radius 1 is 0.700 bits per heavy atom. The zero-order valence-electron chi connectivity index (χ0n) is 26.4. The summed E-state index contributed by atoms with van der Waals surface area (Å²) in [4.78, 5) is 0. The zero-order valence-corrected chi connectivity index (χ0v) is 29.0. The van der Waals surface area contributed by atoms with Crippen LogP contribution in [0.1, 0.15) is 156 Å². The van der Waals surface area contributed by atoms with Crippen molar-refractivity contribution in [2.45, 2.75) is 184 Å². The molecule has 0 spiro atoms. The molecule has 4 saturated carbocycles. The third kappa shape index (κ3) is 12.1. The van der Waals surface area contributed by atoms with E-state index in [2.05, 4.69) is 32.9 Å². The molecule has 4 heteroatoms. The molecule has 230 valence electrons. The fraction of sp³-hybridized carbons (Fsp3) is 0.833. The standard InChI is InChI=1S/C19H37P.C12H16ClOP.C5H10/c1-3-11-17(12-4-2)20(18-13-7-5-8-14-18)19-15-9-6-10-16-19;13-15(11-6-2-1-3-7-11)12-8-4-5-10(14)9-12;1-5-3-2-4-5/h17-19H,3-16H2,1-2H3;1-3,6-7,10,12,14H,4-5,8-9H2;5H,2-4H2,1H3/t;10-,12?,15?;/m.1./s1. The van der Waals surface area contributed by atoms with Crippen LogP contribution in [-0.4, -0.2) is 33.8 Å².